The van der Waals surface area contributed by atoms with Crippen molar-refractivity contribution in [3.8, 4) is 0 Å². The summed E-state index contributed by atoms with van der Waals surface area (Å²) in [5.74, 6) is -0.506. The summed E-state index contributed by atoms with van der Waals surface area (Å²) >= 11 is 0. The molecule has 2 rings (SSSR count). The molecular formula is C14H18ClNO4S. The van der Waals surface area contributed by atoms with Crippen molar-refractivity contribution < 1.29 is 17.9 Å². The number of nitrogens with zero attached hydrogens (tertiary/aromatic N) is 1. The minimum absolute atomic E-state index is 0.0675. The summed E-state index contributed by atoms with van der Waals surface area (Å²) in [6.07, 6.45) is 3.77. The molecule has 0 radical (unpaired) electrons. The minimum atomic E-state index is -3.94. The Morgan fingerprint density at radius 3 is 2.43 bits per heavy atom. The maximum atomic E-state index is 12.1. The first-order valence-corrected chi connectivity index (χ1v) is 9.07. The summed E-state index contributed by atoms with van der Waals surface area (Å²) in [6.45, 7) is 0. The van der Waals surface area contributed by atoms with Crippen LogP contribution in [0.15, 0.2) is 23.1 Å². The van der Waals surface area contributed by atoms with E-state index in [1.54, 1.807) is 31.1 Å². The van der Waals surface area contributed by atoms with Crippen molar-refractivity contribution in [3.63, 3.8) is 0 Å². The molecule has 116 valence electrons. The van der Waals surface area contributed by atoms with E-state index in [1.165, 1.54) is 6.07 Å². The van der Waals surface area contributed by atoms with Crippen molar-refractivity contribution in [2.24, 2.45) is 0 Å². The number of halogens is 1. The Labute approximate surface area is 129 Å². The van der Waals surface area contributed by atoms with E-state index in [4.69, 9.17) is 15.4 Å². The summed E-state index contributed by atoms with van der Waals surface area (Å²) in [4.78, 5) is 13.6. The highest BCUT2D eigenvalue weighted by Gasteiger charge is 2.23. The molecule has 0 spiro atoms. The van der Waals surface area contributed by atoms with E-state index in [-0.39, 0.29) is 16.6 Å². The van der Waals surface area contributed by atoms with Crippen molar-refractivity contribution in [1.29, 1.82) is 0 Å². The Hall–Kier alpha value is -1.27. The molecule has 21 heavy (non-hydrogen) atoms. The molecule has 1 fully saturated rings. The van der Waals surface area contributed by atoms with Gasteiger partial charge in [0.05, 0.1) is 11.3 Å². The number of ether oxygens (including phenoxy) is 1. The highest BCUT2D eigenvalue weighted by atomic mass is 35.7. The Balaban J connectivity index is 2.30. The topological polar surface area (TPSA) is 63.7 Å². The van der Waals surface area contributed by atoms with E-state index >= 15 is 0 Å². The fourth-order valence-electron chi connectivity index (χ4n) is 2.43. The first kappa shape index (κ1) is 16.1. The second-order valence-corrected chi connectivity index (χ2v) is 7.86. The largest absolute Gasteiger partial charge is 0.459 e. The molecule has 0 bridgehead atoms. The molecule has 7 heteroatoms. The summed E-state index contributed by atoms with van der Waals surface area (Å²) in [5.41, 5.74) is 0.633. The van der Waals surface area contributed by atoms with Crippen LogP contribution in [0.4, 0.5) is 5.69 Å². The number of esters is 1. The van der Waals surface area contributed by atoms with Crippen LogP contribution in [0.5, 0.6) is 0 Å². The molecular weight excluding hydrogens is 314 g/mol. The number of hydrogen-bond donors (Lipinski definition) is 0. The maximum Gasteiger partial charge on any atom is 0.338 e. The van der Waals surface area contributed by atoms with Crippen molar-refractivity contribution in [1.82, 2.24) is 0 Å². The second-order valence-electron chi connectivity index (χ2n) is 5.33. The molecule has 0 unspecified atom stereocenters. The smallest absolute Gasteiger partial charge is 0.338 e. The zero-order valence-corrected chi connectivity index (χ0v) is 13.6. The van der Waals surface area contributed by atoms with E-state index in [0.717, 1.165) is 25.7 Å². The lowest BCUT2D eigenvalue weighted by atomic mass is 10.2. The van der Waals surface area contributed by atoms with E-state index in [0.29, 0.717) is 5.69 Å². The maximum absolute atomic E-state index is 12.1. The summed E-state index contributed by atoms with van der Waals surface area (Å²) < 4.78 is 28.7. The van der Waals surface area contributed by atoms with Gasteiger partial charge in [0.2, 0.25) is 0 Å². The van der Waals surface area contributed by atoms with Gasteiger partial charge in [-0.15, -0.1) is 0 Å². The molecule has 1 aliphatic carbocycles. The van der Waals surface area contributed by atoms with E-state index in [2.05, 4.69) is 0 Å². The number of benzene rings is 1. The van der Waals surface area contributed by atoms with Crippen LogP contribution in [-0.2, 0) is 13.8 Å². The average Bonchev–Trinajstić information content (AvgIpc) is 2.89. The lowest BCUT2D eigenvalue weighted by Gasteiger charge is -2.17. The van der Waals surface area contributed by atoms with Crippen LogP contribution < -0.4 is 4.90 Å². The average molecular weight is 332 g/mol. The van der Waals surface area contributed by atoms with Gasteiger partial charge in [-0.25, -0.2) is 13.2 Å². The first-order valence-electron chi connectivity index (χ1n) is 6.76. The fourth-order valence-corrected chi connectivity index (χ4v) is 3.57. The van der Waals surface area contributed by atoms with E-state index in [1.807, 2.05) is 0 Å². The summed E-state index contributed by atoms with van der Waals surface area (Å²) in [5, 5.41) is 0. The lowest BCUT2D eigenvalue weighted by molar-refractivity contribution is 0.0317. The van der Waals surface area contributed by atoms with Crippen LogP contribution in [0.3, 0.4) is 0 Å². The van der Waals surface area contributed by atoms with Crippen LogP contribution in [0, 0.1) is 0 Å². The number of anilines is 1. The molecule has 0 aromatic heterocycles. The molecule has 0 N–H and O–H groups in total. The molecule has 1 aromatic carbocycles. The van der Waals surface area contributed by atoms with E-state index in [9.17, 15) is 13.2 Å². The van der Waals surface area contributed by atoms with Gasteiger partial charge in [-0.2, -0.15) is 0 Å². The number of rotatable bonds is 4. The van der Waals surface area contributed by atoms with Gasteiger partial charge in [0.25, 0.3) is 9.05 Å². The van der Waals surface area contributed by atoms with Crippen molar-refractivity contribution in [2.45, 2.75) is 36.7 Å². The molecule has 0 heterocycles. The standard InChI is InChI=1S/C14H18ClNO4S/c1-16(2)12-8-7-10(9-13(12)21(15,18)19)14(17)20-11-5-3-4-6-11/h7-9,11H,3-6H2,1-2H3. The van der Waals surface area contributed by atoms with Crippen molar-refractivity contribution in [2.75, 3.05) is 19.0 Å². The van der Waals surface area contributed by atoms with Gasteiger partial charge in [0.15, 0.2) is 0 Å². The quantitative estimate of drug-likeness (QED) is 0.627. The Bertz CT molecular complexity index is 636. The molecule has 1 saturated carbocycles. The van der Waals surface area contributed by atoms with Gasteiger partial charge in [-0.1, -0.05) is 0 Å². The van der Waals surface area contributed by atoms with Gasteiger partial charge in [0, 0.05) is 24.8 Å². The SMILES string of the molecule is CN(C)c1ccc(C(=O)OC2CCCC2)cc1S(=O)(=O)Cl. The second kappa shape index (κ2) is 6.23. The third-order valence-electron chi connectivity index (χ3n) is 3.52. The minimum Gasteiger partial charge on any atom is -0.459 e. The highest BCUT2D eigenvalue weighted by Crippen LogP contribution is 2.29. The molecule has 1 aliphatic rings. The van der Waals surface area contributed by atoms with Crippen LogP contribution in [0.25, 0.3) is 0 Å². The molecule has 0 atom stereocenters. The number of carbonyl (C=O) groups is 1. The molecule has 0 saturated heterocycles. The zero-order valence-electron chi connectivity index (χ0n) is 12.0. The van der Waals surface area contributed by atoms with Crippen LogP contribution >= 0.6 is 10.7 Å². The summed E-state index contributed by atoms with van der Waals surface area (Å²) in [7, 11) is 4.92. The van der Waals surface area contributed by atoms with Gasteiger partial charge in [0.1, 0.15) is 11.0 Å². The third kappa shape index (κ3) is 3.89. The van der Waals surface area contributed by atoms with Crippen molar-refractivity contribution in [3.05, 3.63) is 23.8 Å². The van der Waals surface area contributed by atoms with Crippen LogP contribution in [-0.4, -0.2) is 34.6 Å². The van der Waals surface area contributed by atoms with Crippen LogP contribution in [0.2, 0.25) is 0 Å². The summed E-state index contributed by atoms with van der Waals surface area (Å²) in [6, 6.07) is 4.38. The third-order valence-corrected chi connectivity index (χ3v) is 4.87. The van der Waals surface area contributed by atoms with Gasteiger partial charge < -0.3 is 9.64 Å². The predicted molar refractivity (Wildman–Crippen MR) is 81.5 cm³/mol. The van der Waals surface area contributed by atoms with Crippen LogP contribution in [0.1, 0.15) is 36.0 Å². The number of carbonyl (C=O) groups excluding carboxylic acids is 1. The van der Waals surface area contributed by atoms with E-state index < -0.39 is 15.0 Å². The normalized spacial score (nSPS) is 16.0. The fraction of sp³-hybridized carbons (Fsp3) is 0.500. The first-order chi connectivity index (χ1) is 9.79. The Kier molecular flexibility index (Phi) is 4.78. The zero-order chi connectivity index (χ0) is 15.6. The Morgan fingerprint density at radius 2 is 1.90 bits per heavy atom. The lowest BCUT2D eigenvalue weighted by Crippen LogP contribution is -2.17. The van der Waals surface area contributed by atoms with Gasteiger partial charge in [-0.3, -0.25) is 0 Å². The van der Waals surface area contributed by atoms with Gasteiger partial charge in [-0.05, 0) is 43.9 Å². The molecule has 0 amide bonds. The predicted octanol–water partition coefficient (Wildman–Crippen LogP) is 2.78. The number of hydrogen-bond acceptors (Lipinski definition) is 5. The van der Waals surface area contributed by atoms with Gasteiger partial charge >= 0.3 is 5.97 Å². The molecule has 0 aliphatic heterocycles. The highest BCUT2D eigenvalue weighted by molar-refractivity contribution is 8.13. The monoisotopic (exact) mass is 331 g/mol. The van der Waals surface area contributed by atoms with Crippen molar-refractivity contribution >= 4 is 31.4 Å². The molecule has 5 nitrogen and oxygen atoms in total. The Morgan fingerprint density at radius 1 is 1.29 bits per heavy atom. The molecule has 1 aromatic rings.